The number of hydrogen-bond donors (Lipinski definition) is 3. The summed E-state index contributed by atoms with van der Waals surface area (Å²) in [5.74, 6) is -0.192. The summed E-state index contributed by atoms with van der Waals surface area (Å²) in [6, 6.07) is 33.3. The lowest BCUT2D eigenvalue weighted by Crippen LogP contribution is -2.19. The fourth-order valence-electron chi connectivity index (χ4n) is 3.10. The van der Waals surface area contributed by atoms with Crippen LogP contribution in [-0.2, 0) is 0 Å². The van der Waals surface area contributed by atoms with Gasteiger partial charge in [0.25, 0.3) is 5.91 Å². The molecule has 0 fully saturated rings. The van der Waals surface area contributed by atoms with Crippen molar-refractivity contribution < 1.29 is 9.59 Å². The predicted octanol–water partition coefficient (Wildman–Crippen LogP) is 6.25. The lowest BCUT2D eigenvalue weighted by molar-refractivity contribution is 0.102. The Labute approximate surface area is 180 Å². The van der Waals surface area contributed by atoms with Crippen LogP contribution in [0.15, 0.2) is 109 Å². The summed E-state index contributed by atoms with van der Waals surface area (Å²) in [7, 11) is 0. The lowest BCUT2D eigenvalue weighted by atomic mass is 10.0. The van der Waals surface area contributed by atoms with Crippen LogP contribution < -0.4 is 16.0 Å². The van der Waals surface area contributed by atoms with E-state index in [2.05, 4.69) is 16.0 Å². The third kappa shape index (κ3) is 5.36. The Bertz CT molecular complexity index is 1160. The molecule has 0 bridgehead atoms. The van der Waals surface area contributed by atoms with E-state index in [1.165, 1.54) is 0 Å². The van der Waals surface area contributed by atoms with Gasteiger partial charge in [0.15, 0.2) is 0 Å². The molecule has 0 aliphatic rings. The molecule has 31 heavy (non-hydrogen) atoms. The van der Waals surface area contributed by atoms with Gasteiger partial charge in [-0.25, -0.2) is 4.79 Å². The second-order valence-electron chi connectivity index (χ2n) is 6.92. The van der Waals surface area contributed by atoms with E-state index < -0.39 is 0 Å². The number of para-hydroxylation sites is 1. The van der Waals surface area contributed by atoms with Crippen LogP contribution in [0.25, 0.3) is 11.1 Å². The molecule has 152 valence electrons. The highest BCUT2D eigenvalue weighted by atomic mass is 16.2. The summed E-state index contributed by atoms with van der Waals surface area (Å²) in [4.78, 5) is 24.6. The van der Waals surface area contributed by atoms with E-state index in [9.17, 15) is 9.59 Å². The average molecular weight is 407 g/mol. The Morgan fingerprint density at radius 3 is 1.48 bits per heavy atom. The van der Waals surface area contributed by atoms with Crippen molar-refractivity contribution >= 4 is 29.0 Å². The highest BCUT2D eigenvalue weighted by Gasteiger charge is 2.08. The highest BCUT2D eigenvalue weighted by molar-refractivity contribution is 6.05. The van der Waals surface area contributed by atoms with Gasteiger partial charge in [0, 0.05) is 22.6 Å². The summed E-state index contributed by atoms with van der Waals surface area (Å²) >= 11 is 0. The van der Waals surface area contributed by atoms with Crippen molar-refractivity contribution in [3.63, 3.8) is 0 Å². The molecule has 3 N–H and O–H groups in total. The normalized spacial score (nSPS) is 10.2. The van der Waals surface area contributed by atoms with Crippen LogP contribution >= 0.6 is 0 Å². The van der Waals surface area contributed by atoms with Crippen LogP contribution in [0, 0.1) is 0 Å². The molecule has 0 aromatic heterocycles. The quantitative estimate of drug-likeness (QED) is 0.366. The van der Waals surface area contributed by atoms with E-state index in [0.717, 1.165) is 11.1 Å². The molecule has 4 aromatic carbocycles. The van der Waals surface area contributed by atoms with Crippen molar-refractivity contribution in [2.75, 3.05) is 16.0 Å². The molecule has 0 unspecified atom stereocenters. The molecular formula is C26H21N3O2. The molecular weight excluding hydrogens is 386 g/mol. The van der Waals surface area contributed by atoms with E-state index in [0.29, 0.717) is 22.6 Å². The van der Waals surface area contributed by atoms with E-state index in [1.807, 2.05) is 84.9 Å². The van der Waals surface area contributed by atoms with Crippen molar-refractivity contribution in [2.45, 2.75) is 0 Å². The van der Waals surface area contributed by atoms with Gasteiger partial charge in [0.2, 0.25) is 0 Å². The number of anilines is 3. The van der Waals surface area contributed by atoms with Gasteiger partial charge in [-0.2, -0.15) is 0 Å². The Balaban J connectivity index is 1.34. The Kier molecular flexibility index (Phi) is 6.05. The van der Waals surface area contributed by atoms with Crippen LogP contribution in [0.3, 0.4) is 0 Å². The predicted molar refractivity (Wildman–Crippen MR) is 125 cm³/mol. The molecule has 0 spiro atoms. The number of hydrogen-bond acceptors (Lipinski definition) is 2. The zero-order valence-corrected chi connectivity index (χ0v) is 16.7. The first-order valence-corrected chi connectivity index (χ1v) is 9.87. The fourth-order valence-corrected chi connectivity index (χ4v) is 3.10. The number of amides is 3. The van der Waals surface area contributed by atoms with E-state index in [1.54, 1.807) is 24.3 Å². The van der Waals surface area contributed by atoms with Gasteiger partial charge in [-0.3, -0.25) is 4.79 Å². The third-order valence-corrected chi connectivity index (χ3v) is 4.69. The molecule has 3 amide bonds. The van der Waals surface area contributed by atoms with Crippen LogP contribution in [0.4, 0.5) is 21.9 Å². The first kappa shape index (κ1) is 19.9. The summed E-state index contributed by atoms with van der Waals surface area (Å²) in [6.45, 7) is 0. The standard InChI is InChI=1S/C26H21N3O2/c30-25(21-13-11-20(12-14-21)19-7-3-1-4-8-19)27-23-15-17-24(18-16-23)29-26(31)28-22-9-5-2-6-10-22/h1-18H,(H,27,30)(H2,28,29,31). The zero-order chi connectivity index (χ0) is 21.5. The van der Waals surface area contributed by atoms with Gasteiger partial charge in [-0.1, -0.05) is 60.7 Å². The Morgan fingerprint density at radius 1 is 0.452 bits per heavy atom. The van der Waals surface area contributed by atoms with Crippen molar-refractivity contribution in [3.8, 4) is 11.1 Å². The maximum absolute atomic E-state index is 12.5. The first-order valence-electron chi connectivity index (χ1n) is 9.87. The van der Waals surface area contributed by atoms with Gasteiger partial charge in [0.1, 0.15) is 0 Å². The van der Waals surface area contributed by atoms with Gasteiger partial charge in [0.05, 0.1) is 0 Å². The molecule has 4 rings (SSSR count). The molecule has 5 nitrogen and oxygen atoms in total. The summed E-state index contributed by atoms with van der Waals surface area (Å²) in [5.41, 5.74) is 4.71. The van der Waals surface area contributed by atoms with Crippen LogP contribution in [0.5, 0.6) is 0 Å². The first-order chi connectivity index (χ1) is 15.2. The zero-order valence-electron chi connectivity index (χ0n) is 16.7. The molecule has 4 aromatic rings. The summed E-state index contributed by atoms with van der Waals surface area (Å²) in [6.07, 6.45) is 0. The van der Waals surface area contributed by atoms with Gasteiger partial charge in [-0.15, -0.1) is 0 Å². The molecule has 0 atom stereocenters. The van der Waals surface area contributed by atoms with Crippen molar-refractivity contribution in [1.82, 2.24) is 0 Å². The van der Waals surface area contributed by atoms with Crippen LogP contribution in [0.1, 0.15) is 10.4 Å². The molecule has 0 heterocycles. The third-order valence-electron chi connectivity index (χ3n) is 4.69. The molecule has 0 saturated carbocycles. The maximum atomic E-state index is 12.5. The minimum absolute atomic E-state index is 0.192. The van der Waals surface area contributed by atoms with E-state index >= 15 is 0 Å². The average Bonchev–Trinajstić information content (AvgIpc) is 2.81. The number of rotatable bonds is 5. The second kappa shape index (κ2) is 9.41. The Morgan fingerprint density at radius 2 is 0.903 bits per heavy atom. The number of urea groups is 1. The molecule has 5 heteroatoms. The van der Waals surface area contributed by atoms with Gasteiger partial charge < -0.3 is 16.0 Å². The number of carbonyl (C=O) groups is 2. The molecule has 0 saturated heterocycles. The number of benzene rings is 4. The van der Waals surface area contributed by atoms with E-state index in [-0.39, 0.29) is 11.9 Å². The van der Waals surface area contributed by atoms with Gasteiger partial charge >= 0.3 is 6.03 Å². The minimum Gasteiger partial charge on any atom is -0.322 e. The van der Waals surface area contributed by atoms with Crippen LogP contribution in [0.2, 0.25) is 0 Å². The second-order valence-corrected chi connectivity index (χ2v) is 6.92. The smallest absolute Gasteiger partial charge is 0.322 e. The van der Waals surface area contributed by atoms with E-state index in [4.69, 9.17) is 0 Å². The number of nitrogens with one attached hydrogen (secondary N) is 3. The van der Waals surface area contributed by atoms with Crippen molar-refractivity contribution in [2.24, 2.45) is 0 Å². The fraction of sp³-hybridized carbons (Fsp3) is 0. The van der Waals surface area contributed by atoms with Crippen molar-refractivity contribution in [3.05, 3.63) is 115 Å². The minimum atomic E-state index is -0.332. The SMILES string of the molecule is O=C(Nc1ccccc1)Nc1ccc(NC(=O)c2ccc(-c3ccccc3)cc2)cc1. The summed E-state index contributed by atoms with van der Waals surface area (Å²) in [5, 5.41) is 8.39. The Hall–Kier alpha value is -4.38. The highest BCUT2D eigenvalue weighted by Crippen LogP contribution is 2.20. The molecule has 0 aliphatic carbocycles. The molecule has 0 aliphatic heterocycles. The van der Waals surface area contributed by atoms with Crippen molar-refractivity contribution in [1.29, 1.82) is 0 Å². The van der Waals surface area contributed by atoms with Gasteiger partial charge in [-0.05, 0) is 59.7 Å². The van der Waals surface area contributed by atoms with Crippen LogP contribution in [-0.4, -0.2) is 11.9 Å². The monoisotopic (exact) mass is 407 g/mol. The topological polar surface area (TPSA) is 70.2 Å². The lowest BCUT2D eigenvalue weighted by Gasteiger charge is -2.09. The number of carbonyl (C=O) groups excluding carboxylic acids is 2. The summed E-state index contributed by atoms with van der Waals surface area (Å²) < 4.78 is 0. The molecule has 0 radical (unpaired) electrons. The largest absolute Gasteiger partial charge is 0.323 e. The maximum Gasteiger partial charge on any atom is 0.323 e.